The van der Waals surface area contributed by atoms with Gasteiger partial charge in [-0.05, 0) is 26.0 Å². The van der Waals surface area contributed by atoms with Crippen LogP contribution in [0.4, 0.5) is 9.18 Å². The van der Waals surface area contributed by atoms with Crippen LogP contribution >= 0.6 is 0 Å². The van der Waals surface area contributed by atoms with Crippen LogP contribution in [0.2, 0.25) is 0 Å². The van der Waals surface area contributed by atoms with Crippen molar-refractivity contribution in [3.8, 4) is 0 Å². The third-order valence-corrected chi connectivity index (χ3v) is 3.42. The maximum atomic E-state index is 13.2. The molecule has 4 amide bonds. The highest BCUT2D eigenvalue weighted by Crippen LogP contribution is 2.13. The van der Waals surface area contributed by atoms with Gasteiger partial charge in [0.1, 0.15) is 12.4 Å². The molecule has 0 saturated carbocycles. The fraction of sp³-hybridized carbons (Fsp3) is 0.400. The monoisotopic (exact) mass is 308 g/mol. The number of halogens is 1. The Morgan fingerprint density at radius 3 is 2.41 bits per heavy atom. The Balaban J connectivity index is 2.05. The molecular formula is C15H19FN3O3+. The largest absolute Gasteiger partial charge is 0.338 e. The van der Waals surface area contributed by atoms with E-state index in [2.05, 4.69) is 0 Å². The van der Waals surface area contributed by atoms with Crippen molar-refractivity contribution in [3.05, 3.63) is 35.6 Å². The smallest absolute Gasteiger partial charge is 0.316 e. The Morgan fingerprint density at radius 1 is 1.18 bits per heavy atom. The van der Waals surface area contributed by atoms with Gasteiger partial charge in [0.05, 0.1) is 7.05 Å². The van der Waals surface area contributed by atoms with Crippen LogP contribution in [0, 0.1) is 5.82 Å². The van der Waals surface area contributed by atoms with Crippen molar-refractivity contribution >= 4 is 17.8 Å². The second-order valence-electron chi connectivity index (χ2n) is 5.71. The lowest BCUT2D eigenvalue weighted by Crippen LogP contribution is -3.09. The van der Waals surface area contributed by atoms with Gasteiger partial charge in [0.15, 0.2) is 6.67 Å². The van der Waals surface area contributed by atoms with Crippen LogP contribution in [0.1, 0.15) is 19.4 Å². The molecule has 22 heavy (non-hydrogen) atoms. The number of rotatable bonds is 5. The molecule has 7 heteroatoms. The van der Waals surface area contributed by atoms with Gasteiger partial charge in [0, 0.05) is 11.6 Å². The average molecular weight is 308 g/mol. The zero-order chi connectivity index (χ0) is 16.4. The molecule has 0 radical (unpaired) electrons. The number of urea groups is 1. The molecule has 1 unspecified atom stereocenters. The highest BCUT2D eigenvalue weighted by Gasteiger charge is 2.46. The van der Waals surface area contributed by atoms with Gasteiger partial charge in [-0.25, -0.2) is 14.1 Å². The van der Waals surface area contributed by atoms with E-state index in [1.807, 2.05) is 0 Å². The first kappa shape index (κ1) is 16.1. The van der Waals surface area contributed by atoms with Crippen LogP contribution in [0.15, 0.2) is 24.3 Å². The molecule has 1 heterocycles. The van der Waals surface area contributed by atoms with Crippen LogP contribution in [0.5, 0.6) is 0 Å². The second kappa shape index (κ2) is 6.23. The molecule has 1 N–H and O–H groups in total. The summed E-state index contributed by atoms with van der Waals surface area (Å²) >= 11 is 0. The van der Waals surface area contributed by atoms with Crippen molar-refractivity contribution in [2.45, 2.75) is 26.4 Å². The Hall–Kier alpha value is -2.28. The van der Waals surface area contributed by atoms with Gasteiger partial charge in [-0.1, -0.05) is 12.1 Å². The molecule has 1 aliphatic heterocycles. The first-order valence-electron chi connectivity index (χ1n) is 7.06. The second-order valence-corrected chi connectivity index (χ2v) is 5.71. The molecule has 1 fully saturated rings. The van der Waals surface area contributed by atoms with E-state index in [0.29, 0.717) is 6.54 Å². The summed E-state index contributed by atoms with van der Waals surface area (Å²) in [5.74, 6) is -1.93. The maximum Gasteiger partial charge on any atom is 0.338 e. The zero-order valence-electron chi connectivity index (χ0n) is 12.8. The summed E-state index contributed by atoms with van der Waals surface area (Å²) in [4.78, 5) is 38.6. The van der Waals surface area contributed by atoms with Gasteiger partial charge in [0.25, 0.3) is 0 Å². The molecule has 1 aromatic carbocycles. The molecule has 6 nitrogen and oxygen atoms in total. The van der Waals surface area contributed by atoms with Crippen LogP contribution < -0.4 is 4.90 Å². The Bertz CT molecular complexity index is 618. The van der Waals surface area contributed by atoms with Crippen molar-refractivity contribution in [3.63, 3.8) is 0 Å². The van der Waals surface area contributed by atoms with Crippen molar-refractivity contribution in [1.29, 1.82) is 0 Å². The zero-order valence-corrected chi connectivity index (χ0v) is 12.8. The molecule has 0 bridgehead atoms. The lowest BCUT2D eigenvalue weighted by molar-refractivity contribution is -0.901. The minimum atomic E-state index is -0.808. The molecular weight excluding hydrogens is 289 g/mol. The van der Waals surface area contributed by atoms with Gasteiger partial charge >= 0.3 is 17.8 Å². The predicted molar refractivity (Wildman–Crippen MR) is 76.1 cm³/mol. The lowest BCUT2D eigenvalue weighted by atomic mass is 10.2. The number of imide groups is 2. The van der Waals surface area contributed by atoms with Gasteiger partial charge in [-0.3, -0.25) is 14.5 Å². The summed E-state index contributed by atoms with van der Waals surface area (Å²) in [6, 6.07) is 5.18. The Morgan fingerprint density at radius 2 is 1.86 bits per heavy atom. The number of benzene rings is 1. The quantitative estimate of drug-likeness (QED) is 0.615. The fourth-order valence-corrected chi connectivity index (χ4v) is 2.44. The van der Waals surface area contributed by atoms with Gasteiger partial charge in [-0.2, -0.15) is 0 Å². The molecule has 0 aliphatic carbocycles. The number of nitrogens with one attached hydrogen (secondary N) is 1. The van der Waals surface area contributed by atoms with E-state index < -0.39 is 17.8 Å². The highest BCUT2D eigenvalue weighted by molar-refractivity contribution is 6.44. The SMILES string of the molecule is CC(C)N1C(=O)C(=O)N(C[NH+](C)Cc2cccc(F)c2)C1=O. The molecule has 2 rings (SSSR count). The highest BCUT2D eigenvalue weighted by atomic mass is 19.1. The van der Waals surface area contributed by atoms with Crippen LogP contribution in [0.25, 0.3) is 0 Å². The fourth-order valence-electron chi connectivity index (χ4n) is 2.44. The molecule has 1 atom stereocenters. The molecule has 118 valence electrons. The first-order chi connectivity index (χ1) is 10.3. The summed E-state index contributed by atoms with van der Waals surface area (Å²) in [7, 11) is 1.77. The molecule has 0 aromatic heterocycles. The van der Waals surface area contributed by atoms with Gasteiger partial charge in [0.2, 0.25) is 0 Å². The van der Waals surface area contributed by atoms with E-state index in [4.69, 9.17) is 0 Å². The Labute approximate surface area is 128 Å². The summed E-state index contributed by atoms with van der Waals surface area (Å²) in [5.41, 5.74) is 0.753. The number of hydrogen-bond donors (Lipinski definition) is 1. The van der Waals surface area contributed by atoms with E-state index in [9.17, 15) is 18.8 Å². The predicted octanol–water partition coefficient (Wildman–Crippen LogP) is -0.00290. The van der Waals surface area contributed by atoms with Crippen molar-refractivity contribution in [2.24, 2.45) is 0 Å². The topological polar surface area (TPSA) is 62.1 Å². The molecule has 1 aromatic rings. The van der Waals surface area contributed by atoms with E-state index >= 15 is 0 Å². The van der Waals surface area contributed by atoms with Gasteiger partial charge < -0.3 is 4.90 Å². The summed E-state index contributed by atoms with van der Waals surface area (Å²) in [5, 5.41) is 0. The summed E-state index contributed by atoms with van der Waals surface area (Å²) in [6.45, 7) is 3.85. The third-order valence-electron chi connectivity index (χ3n) is 3.42. The average Bonchev–Trinajstić information content (AvgIpc) is 2.62. The maximum absolute atomic E-state index is 13.2. The van der Waals surface area contributed by atoms with E-state index in [-0.39, 0.29) is 18.5 Å². The standard InChI is InChI=1S/C15H18FN3O3/c1-10(2)19-14(21)13(20)18(15(19)22)9-17(3)8-11-5-4-6-12(16)7-11/h4-7,10H,8-9H2,1-3H3/p+1. The number of amides is 4. The van der Waals surface area contributed by atoms with Crippen molar-refractivity contribution < 1.29 is 23.7 Å². The number of carbonyl (C=O) groups is 3. The lowest BCUT2D eigenvalue weighted by Gasteiger charge is -2.21. The number of hydrogen-bond acceptors (Lipinski definition) is 3. The third kappa shape index (κ3) is 3.14. The van der Waals surface area contributed by atoms with Crippen LogP contribution in [0.3, 0.4) is 0 Å². The van der Waals surface area contributed by atoms with Crippen LogP contribution in [-0.4, -0.2) is 47.4 Å². The van der Waals surface area contributed by atoms with Crippen LogP contribution in [-0.2, 0) is 16.1 Å². The molecule has 0 spiro atoms. The van der Waals surface area contributed by atoms with E-state index in [0.717, 1.165) is 20.3 Å². The van der Waals surface area contributed by atoms with Crippen molar-refractivity contribution in [1.82, 2.24) is 9.80 Å². The van der Waals surface area contributed by atoms with Crippen molar-refractivity contribution in [2.75, 3.05) is 13.7 Å². The van der Waals surface area contributed by atoms with E-state index in [1.54, 1.807) is 33.0 Å². The van der Waals surface area contributed by atoms with E-state index in [1.165, 1.54) is 12.1 Å². The minimum absolute atomic E-state index is 0.0587. The molecule has 1 aliphatic rings. The number of quaternary nitrogens is 1. The summed E-state index contributed by atoms with van der Waals surface area (Å²) < 4.78 is 13.2. The van der Waals surface area contributed by atoms with Gasteiger partial charge in [-0.15, -0.1) is 0 Å². The molecule has 1 saturated heterocycles. The number of carbonyl (C=O) groups excluding carboxylic acids is 3. The number of nitrogens with zero attached hydrogens (tertiary/aromatic N) is 2. The first-order valence-corrected chi connectivity index (χ1v) is 7.06. The minimum Gasteiger partial charge on any atom is -0.316 e. The Kier molecular flexibility index (Phi) is 4.56. The summed E-state index contributed by atoms with van der Waals surface area (Å²) in [6.07, 6.45) is 0. The normalized spacial score (nSPS) is 16.9.